The topological polar surface area (TPSA) is 62.2 Å². The Hall–Kier alpha value is -2.36. The first-order valence-corrected chi connectivity index (χ1v) is 8.76. The predicted octanol–water partition coefficient (Wildman–Crippen LogP) is 4.08. The second-order valence-electron chi connectivity index (χ2n) is 7.45. The van der Waals surface area contributed by atoms with Gasteiger partial charge in [-0.2, -0.15) is 0 Å². The molecule has 3 aliphatic rings. The van der Waals surface area contributed by atoms with E-state index in [0.717, 1.165) is 11.6 Å². The maximum absolute atomic E-state index is 11.4. The molecule has 2 fully saturated rings. The summed E-state index contributed by atoms with van der Waals surface area (Å²) >= 11 is 0. The van der Waals surface area contributed by atoms with E-state index in [-0.39, 0.29) is 6.04 Å². The third-order valence-corrected chi connectivity index (χ3v) is 6.38. The third kappa shape index (κ3) is 1.92. The van der Waals surface area contributed by atoms with Gasteiger partial charge in [0.05, 0.1) is 11.6 Å². The maximum atomic E-state index is 11.4. The number of nitrogens with one attached hydrogen (secondary N) is 1. The summed E-state index contributed by atoms with van der Waals surface area (Å²) in [4.78, 5) is 15.7. The number of benzene rings is 1. The van der Waals surface area contributed by atoms with Crippen LogP contribution in [0.15, 0.2) is 42.7 Å². The van der Waals surface area contributed by atoms with Crippen molar-refractivity contribution < 1.29 is 9.90 Å². The molecule has 4 heteroatoms. The van der Waals surface area contributed by atoms with Gasteiger partial charge in [-0.25, -0.2) is 4.79 Å². The number of fused-ring (bicyclic) bond motifs is 7. The average Bonchev–Trinajstić information content (AvgIpc) is 3.23. The summed E-state index contributed by atoms with van der Waals surface area (Å²) < 4.78 is 0. The quantitative estimate of drug-likeness (QED) is 0.875. The van der Waals surface area contributed by atoms with Gasteiger partial charge in [0.25, 0.3) is 0 Å². The molecule has 1 aliphatic heterocycles. The number of carboxylic acids is 1. The SMILES string of the molecule is O=C(O)c1ccc2c(c1)[C@@H]1[C@H]3CC[C@@H](C3)[C@@H]1[C@@H](c1cccnc1)N2. The molecule has 2 heterocycles. The van der Waals surface area contributed by atoms with Gasteiger partial charge >= 0.3 is 5.97 Å². The minimum absolute atomic E-state index is 0.280. The Morgan fingerprint density at radius 1 is 1.21 bits per heavy atom. The van der Waals surface area contributed by atoms with E-state index in [1.54, 1.807) is 6.07 Å². The lowest BCUT2D eigenvalue weighted by Crippen LogP contribution is -2.35. The molecule has 0 unspecified atom stereocenters. The number of anilines is 1. The predicted molar refractivity (Wildman–Crippen MR) is 91.1 cm³/mol. The summed E-state index contributed by atoms with van der Waals surface area (Å²) in [6, 6.07) is 10.0. The molecule has 2 aliphatic carbocycles. The van der Waals surface area contributed by atoms with E-state index in [1.165, 1.54) is 30.4 Å². The standard InChI is InChI=1S/C20H20N2O2/c23-20(24)13-5-6-16-15(9-13)17-11-3-4-12(8-11)18(17)19(22-16)14-2-1-7-21-10-14/h1-2,5-7,9-12,17-19,22H,3-4,8H2,(H,23,24)/t11-,12-,17-,18-,19+/m0/s1. The molecule has 1 aromatic heterocycles. The van der Waals surface area contributed by atoms with Gasteiger partial charge in [-0.1, -0.05) is 6.07 Å². The second kappa shape index (κ2) is 5.07. The Labute approximate surface area is 140 Å². The molecular weight excluding hydrogens is 300 g/mol. The molecule has 0 amide bonds. The van der Waals surface area contributed by atoms with Gasteiger partial charge in [0.1, 0.15) is 0 Å². The summed E-state index contributed by atoms with van der Waals surface area (Å²) in [5.41, 5.74) is 3.96. The van der Waals surface area contributed by atoms with Crippen LogP contribution in [0.3, 0.4) is 0 Å². The molecule has 0 saturated heterocycles. The smallest absolute Gasteiger partial charge is 0.335 e. The normalized spacial score (nSPS) is 32.8. The van der Waals surface area contributed by atoms with Crippen LogP contribution in [0.25, 0.3) is 0 Å². The Morgan fingerprint density at radius 3 is 2.88 bits per heavy atom. The van der Waals surface area contributed by atoms with E-state index in [2.05, 4.69) is 16.4 Å². The number of pyridine rings is 1. The second-order valence-corrected chi connectivity index (χ2v) is 7.45. The fraction of sp³-hybridized carbons (Fsp3) is 0.400. The van der Waals surface area contributed by atoms with Gasteiger partial charge in [-0.05, 0) is 78.3 Å². The summed E-state index contributed by atoms with van der Waals surface area (Å²) in [6.07, 6.45) is 7.65. The summed E-state index contributed by atoms with van der Waals surface area (Å²) in [7, 11) is 0. The van der Waals surface area contributed by atoms with Gasteiger partial charge in [0.2, 0.25) is 0 Å². The Bertz CT molecular complexity index is 805. The van der Waals surface area contributed by atoms with Crippen molar-refractivity contribution >= 4 is 11.7 Å². The van der Waals surface area contributed by atoms with Crippen molar-refractivity contribution in [2.24, 2.45) is 17.8 Å². The van der Waals surface area contributed by atoms with Crippen LogP contribution < -0.4 is 5.32 Å². The van der Waals surface area contributed by atoms with Crippen LogP contribution in [0.4, 0.5) is 5.69 Å². The Kier molecular flexibility index (Phi) is 2.96. The van der Waals surface area contributed by atoms with Crippen molar-refractivity contribution in [3.63, 3.8) is 0 Å². The number of aromatic nitrogens is 1. The molecule has 4 nitrogen and oxygen atoms in total. The van der Waals surface area contributed by atoms with Crippen LogP contribution >= 0.6 is 0 Å². The van der Waals surface area contributed by atoms with E-state index in [0.29, 0.717) is 23.3 Å². The lowest BCUT2D eigenvalue weighted by molar-refractivity contribution is 0.0696. The largest absolute Gasteiger partial charge is 0.478 e. The molecule has 24 heavy (non-hydrogen) atoms. The number of carbonyl (C=O) groups is 1. The zero-order valence-corrected chi connectivity index (χ0v) is 13.4. The molecule has 1 aromatic carbocycles. The first-order valence-electron chi connectivity index (χ1n) is 8.76. The highest BCUT2D eigenvalue weighted by Gasteiger charge is 2.53. The Balaban J connectivity index is 1.64. The lowest BCUT2D eigenvalue weighted by Gasteiger charge is -2.43. The van der Waals surface area contributed by atoms with E-state index in [1.807, 2.05) is 30.6 Å². The molecular formula is C20H20N2O2. The van der Waals surface area contributed by atoms with Gasteiger partial charge in [0, 0.05) is 18.1 Å². The van der Waals surface area contributed by atoms with Gasteiger partial charge in [-0.15, -0.1) is 0 Å². The highest BCUT2D eigenvalue weighted by molar-refractivity contribution is 5.88. The zero-order valence-electron chi connectivity index (χ0n) is 13.4. The van der Waals surface area contributed by atoms with Gasteiger partial charge in [-0.3, -0.25) is 4.98 Å². The molecule has 0 spiro atoms. The first-order chi connectivity index (χ1) is 11.7. The highest BCUT2D eigenvalue weighted by atomic mass is 16.4. The van der Waals surface area contributed by atoms with E-state index >= 15 is 0 Å². The van der Waals surface area contributed by atoms with Gasteiger partial charge in [0.15, 0.2) is 0 Å². The molecule has 2 aromatic rings. The number of rotatable bonds is 2. The number of nitrogens with zero attached hydrogens (tertiary/aromatic N) is 1. The van der Waals surface area contributed by atoms with E-state index in [4.69, 9.17) is 0 Å². The van der Waals surface area contributed by atoms with Crippen LogP contribution in [0.1, 0.15) is 52.7 Å². The van der Waals surface area contributed by atoms with Crippen molar-refractivity contribution in [3.8, 4) is 0 Å². The van der Waals surface area contributed by atoms with Crippen molar-refractivity contribution in [1.29, 1.82) is 0 Å². The number of carboxylic acid groups (broad SMARTS) is 1. The van der Waals surface area contributed by atoms with Crippen LogP contribution in [0, 0.1) is 17.8 Å². The molecule has 0 radical (unpaired) electrons. The van der Waals surface area contributed by atoms with Crippen molar-refractivity contribution in [3.05, 3.63) is 59.4 Å². The highest BCUT2D eigenvalue weighted by Crippen LogP contribution is 2.63. The third-order valence-electron chi connectivity index (χ3n) is 6.38. The fourth-order valence-corrected chi connectivity index (χ4v) is 5.51. The van der Waals surface area contributed by atoms with Crippen molar-refractivity contribution in [2.45, 2.75) is 31.2 Å². The van der Waals surface area contributed by atoms with Crippen LogP contribution in [0.5, 0.6) is 0 Å². The molecule has 5 atom stereocenters. The monoisotopic (exact) mass is 320 g/mol. The first kappa shape index (κ1) is 14.0. The molecule has 5 rings (SSSR count). The fourth-order valence-electron chi connectivity index (χ4n) is 5.51. The average molecular weight is 320 g/mol. The lowest BCUT2D eigenvalue weighted by atomic mass is 9.68. The molecule has 2 saturated carbocycles. The van der Waals surface area contributed by atoms with Crippen LogP contribution in [0.2, 0.25) is 0 Å². The Morgan fingerprint density at radius 2 is 2.08 bits per heavy atom. The van der Waals surface area contributed by atoms with Crippen molar-refractivity contribution in [2.75, 3.05) is 5.32 Å². The number of hydrogen-bond acceptors (Lipinski definition) is 3. The van der Waals surface area contributed by atoms with Crippen LogP contribution in [-0.4, -0.2) is 16.1 Å². The number of hydrogen-bond donors (Lipinski definition) is 2. The number of aromatic carboxylic acids is 1. The van der Waals surface area contributed by atoms with Crippen LogP contribution in [-0.2, 0) is 0 Å². The zero-order chi connectivity index (χ0) is 16.3. The molecule has 2 bridgehead atoms. The van der Waals surface area contributed by atoms with Crippen molar-refractivity contribution in [1.82, 2.24) is 4.98 Å². The van der Waals surface area contributed by atoms with E-state index < -0.39 is 5.97 Å². The van der Waals surface area contributed by atoms with Gasteiger partial charge < -0.3 is 10.4 Å². The summed E-state index contributed by atoms with van der Waals surface area (Å²) in [5, 5.41) is 13.1. The molecule has 2 N–H and O–H groups in total. The minimum atomic E-state index is -0.841. The minimum Gasteiger partial charge on any atom is -0.478 e. The summed E-state index contributed by atoms with van der Waals surface area (Å²) in [6.45, 7) is 0. The summed E-state index contributed by atoms with van der Waals surface area (Å²) in [5.74, 6) is 1.62. The molecule has 122 valence electrons. The maximum Gasteiger partial charge on any atom is 0.335 e. The van der Waals surface area contributed by atoms with E-state index in [9.17, 15) is 9.90 Å².